The molecule has 0 aromatic heterocycles. The molecule has 1 aliphatic carbocycles. The number of rotatable bonds is 4. The third-order valence-corrected chi connectivity index (χ3v) is 3.73. The van der Waals surface area contributed by atoms with Gasteiger partial charge in [0.2, 0.25) is 0 Å². The van der Waals surface area contributed by atoms with Gasteiger partial charge in [0.1, 0.15) is 5.41 Å². The molecule has 102 valence electrons. The van der Waals surface area contributed by atoms with Gasteiger partial charge in [-0.3, -0.25) is 4.79 Å². The first-order valence-electron chi connectivity index (χ1n) is 5.90. The fourth-order valence-corrected chi connectivity index (χ4v) is 2.67. The molecule has 0 spiro atoms. The Balaban J connectivity index is 2.47. The summed E-state index contributed by atoms with van der Waals surface area (Å²) in [6.07, 6.45) is -0.927. The Labute approximate surface area is 109 Å². The molecular weight excluding hydrogens is 250 g/mol. The Morgan fingerprint density at radius 1 is 1.37 bits per heavy atom. The minimum atomic E-state index is -1.35. The highest BCUT2D eigenvalue weighted by Gasteiger charge is 2.50. The second-order valence-corrected chi connectivity index (χ2v) is 4.80. The van der Waals surface area contributed by atoms with Crippen LogP contribution in [0.2, 0.25) is 0 Å². The summed E-state index contributed by atoms with van der Waals surface area (Å²) in [4.78, 5) is 22.4. The highest BCUT2D eigenvalue weighted by atomic mass is 16.4. The van der Waals surface area contributed by atoms with Crippen LogP contribution >= 0.6 is 0 Å². The van der Waals surface area contributed by atoms with Crippen molar-refractivity contribution in [2.45, 2.75) is 18.9 Å². The van der Waals surface area contributed by atoms with Gasteiger partial charge in [-0.25, -0.2) is 4.79 Å². The number of aromatic carboxylic acids is 1. The van der Waals surface area contributed by atoms with Gasteiger partial charge in [0, 0.05) is 0 Å². The lowest BCUT2D eigenvalue weighted by Gasteiger charge is -2.27. The Hall–Kier alpha value is -1.92. The van der Waals surface area contributed by atoms with Gasteiger partial charge in [-0.2, -0.15) is 0 Å². The quantitative estimate of drug-likeness (QED) is 0.625. The van der Waals surface area contributed by atoms with Crippen molar-refractivity contribution in [2.75, 3.05) is 6.54 Å². The Bertz CT molecular complexity index is 542. The minimum absolute atomic E-state index is 0.0832. The van der Waals surface area contributed by atoms with Crippen molar-refractivity contribution < 1.29 is 24.9 Å². The lowest BCUT2D eigenvalue weighted by Crippen LogP contribution is -2.37. The molecule has 5 N–H and O–H groups in total. The van der Waals surface area contributed by atoms with Crippen molar-refractivity contribution in [3.8, 4) is 0 Å². The third kappa shape index (κ3) is 1.98. The van der Waals surface area contributed by atoms with E-state index in [1.165, 1.54) is 18.2 Å². The van der Waals surface area contributed by atoms with E-state index in [9.17, 15) is 19.8 Å². The number of nitrogens with two attached hydrogens (primary N) is 1. The smallest absolute Gasteiger partial charge is 0.335 e. The topological polar surface area (TPSA) is 121 Å². The summed E-state index contributed by atoms with van der Waals surface area (Å²) in [5.74, 6) is -2.19. The molecule has 0 bridgehead atoms. The number of hydrogen-bond acceptors (Lipinski definition) is 4. The van der Waals surface area contributed by atoms with Crippen LogP contribution in [0.15, 0.2) is 18.2 Å². The number of aliphatic carboxylic acids is 1. The number of hydrogen-bond donors (Lipinski definition) is 4. The summed E-state index contributed by atoms with van der Waals surface area (Å²) in [5, 5.41) is 28.5. The number of fused-ring (bicyclic) bond motifs is 1. The van der Waals surface area contributed by atoms with Crippen molar-refractivity contribution in [1.29, 1.82) is 0 Å². The second kappa shape index (κ2) is 4.64. The largest absolute Gasteiger partial charge is 0.481 e. The van der Waals surface area contributed by atoms with E-state index in [-0.39, 0.29) is 24.9 Å². The molecule has 0 saturated heterocycles. The maximum absolute atomic E-state index is 11.5. The van der Waals surface area contributed by atoms with Gasteiger partial charge in [0.15, 0.2) is 0 Å². The zero-order valence-corrected chi connectivity index (χ0v) is 10.2. The van der Waals surface area contributed by atoms with Gasteiger partial charge in [0.05, 0.1) is 11.7 Å². The molecule has 2 rings (SSSR count). The molecular formula is C13H15NO5. The van der Waals surface area contributed by atoms with Crippen molar-refractivity contribution in [3.05, 3.63) is 34.9 Å². The van der Waals surface area contributed by atoms with E-state index < -0.39 is 23.5 Å². The normalized spacial score (nSPS) is 25.1. The maximum Gasteiger partial charge on any atom is 0.335 e. The molecule has 0 saturated carbocycles. The van der Waals surface area contributed by atoms with Gasteiger partial charge < -0.3 is 21.1 Å². The molecule has 6 heteroatoms. The molecule has 1 aliphatic rings. The number of carboxylic acids is 2. The molecule has 0 fully saturated rings. The number of carbonyl (C=O) groups is 2. The van der Waals surface area contributed by atoms with Gasteiger partial charge in [-0.05, 0) is 42.6 Å². The molecule has 19 heavy (non-hydrogen) atoms. The second-order valence-electron chi connectivity index (χ2n) is 4.80. The Kier molecular flexibility index (Phi) is 3.30. The lowest BCUT2D eigenvalue weighted by molar-refractivity contribution is -0.156. The zero-order chi connectivity index (χ0) is 14.2. The molecule has 1 aromatic carbocycles. The first-order valence-corrected chi connectivity index (χ1v) is 5.90. The predicted octanol–water partition coefficient (Wildman–Crippen LogP) is 0.394. The number of aliphatic hydroxyl groups is 1. The molecule has 0 amide bonds. The Morgan fingerprint density at radius 3 is 2.58 bits per heavy atom. The van der Waals surface area contributed by atoms with Crippen LogP contribution in [0.3, 0.4) is 0 Å². The summed E-state index contributed by atoms with van der Waals surface area (Å²) >= 11 is 0. The van der Waals surface area contributed by atoms with E-state index in [0.29, 0.717) is 11.1 Å². The maximum atomic E-state index is 11.5. The number of aliphatic hydroxyl groups excluding tert-OH is 1. The van der Waals surface area contributed by atoms with Gasteiger partial charge in [0.25, 0.3) is 0 Å². The summed E-state index contributed by atoms with van der Waals surface area (Å²) in [6.45, 7) is 0.142. The molecule has 6 nitrogen and oxygen atoms in total. The van der Waals surface area contributed by atoms with Gasteiger partial charge in [-0.15, -0.1) is 0 Å². The fourth-order valence-electron chi connectivity index (χ4n) is 2.67. The lowest BCUT2D eigenvalue weighted by atomic mass is 9.79. The van der Waals surface area contributed by atoms with E-state index >= 15 is 0 Å². The molecule has 2 atom stereocenters. The number of carboxylic acid groups (broad SMARTS) is 2. The molecule has 2 unspecified atom stereocenters. The molecule has 0 heterocycles. The van der Waals surface area contributed by atoms with E-state index in [1.807, 2.05) is 0 Å². The number of benzene rings is 1. The fraction of sp³-hybridized carbons (Fsp3) is 0.385. The first-order chi connectivity index (χ1) is 8.92. The van der Waals surface area contributed by atoms with Crippen LogP contribution in [0, 0.1) is 5.41 Å². The highest BCUT2D eigenvalue weighted by molar-refractivity contribution is 5.88. The zero-order valence-electron chi connectivity index (χ0n) is 10.2. The van der Waals surface area contributed by atoms with Crippen LogP contribution in [0.1, 0.15) is 34.0 Å². The van der Waals surface area contributed by atoms with Gasteiger partial charge in [-0.1, -0.05) is 6.07 Å². The first kappa shape index (κ1) is 13.5. The average Bonchev–Trinajstić information content (AvgIpc) is 2.64. The van der Waals surface area contributed by atoms with Crippen molar-refractivity contribution in [1.82, 2.24) is 0 Å². The molecule has 1 aromatic rings. The van der Waals surface area contributed by atoms with Crippen LogP contribution in [0.4, 0.5) is 0 Å². The van der Waals surface area contributed by atoms with Crippen LogP contribution in [-0.4, -0.2) is 33.8 Å². The summed E-state index contributed by atoms with van der Waals surface area (Å²) < 4.78 is 0. The van der Waals surface area contributed by atoms with Gasteiger partial charge >= 0.3 is 11.9 Å². The minimum Gasteiger partial charge on any atom is -0.481 e. The highest BCUT2D eigenvalue weighted by Crippen LogP contribution is 2.48. The summed E-state index contributed by atoms with van der Waals surface area (Å²) in [6, 6.07) is 4.26. The summed E-state index contributed by atoms with van der Waals surface area (Å²) in [7, 11) is 0. The van der Waals surface area contributed by atoms with E-state index in [2.05, 4.69) is 0 Å². The Morgan fingerprint density at radius 2 is 2.05 bits per heavy atom. The van der Waals surface area contributed by atoms with Crippen LogP contribution in [0.25, 0.3) is 0 Å². The van der Waals surface area contributed by atoms with Crippen LogP contribution in [-0.2, 0) is 11.2 Å². The van der Waals surface area contributed by atoms with Crippen LogP contribution in [0.5, 0.6) is 0 Å². The average molecular weight is 265 g/mol. The monoisotopic (exact) mass is 265 g/mol. The standard InChI is InChI=1S/C13H15NO5/c14-4-3-13(12(18)19)6-8-5-7(11(16)17)1-2-9(8)10(13)15/h1-2,5,10,15H,3-4,6,14H2,(H,16,17)(H,18,19). The predicted molar refractivity (Wildman–Crippen MR) is 65.8 cm³/mol. The van der Waals surface area contributed by atoms with Crippen molar-refractivity contribution >= 4 is 11.9 Å². The van der Waals surface area contributed by atoms with Crippen molar-refractivity contribution in [2.24, 2.45) is 11.1 Å². The van der Waals surface area contributed by atoms with E-state index in [4.69, 9.17) is 10.8 Å². The molecule has 0 aliphatic heterocycles. The van der Waals surface area contributed by atoms with E-state index in [1.54, 1.807) is 0 Å². The third-order valence-electron chi connectivity index (χ3n) is 3.73. The van der Waals surface area contributed by atoms with E-state index in [0.717, 1.165) is 0 Å². The SMILES string of the molecule is NCCC1(C(=O)O)Cc2cc(C(=O)O)ccc2C1O. The van der Waals surface area contributed by atoms with Crippen LogP contribution < -0.4 is 5.73 Å². The van der Waals surface area contributed by atoms with Crippen molar-refractivity contribution in [3.63, 3.8) is 0 Å². The summed E-state index contributed by atoms with van der Waals surface area (Å²) in [5.41, 5.74) is 5.20. The molecule has 0 radical (unpaired) electrons.